The number of nitrogens with zero attached hydrogens (tertiary/aromatic N) is 3. The molecule has 7 nitrogen and oxygen atoms in total. The Hall–Kier alpha value is -4.26. The Labute approximate surface area is 179 Å². The number of aromatic nitrogens is 2. The quantitative estimate of drug-likeness (QED) is 0.274. The van der Waals surface area contributed by atoms with Crippen molar-refractivity contribution in [1.82, 2.24) is 10.2 Å². The summed E-state index contributed by atoms with van der Waals surface area (Å²) < 4.78 is 10.7. The van der Waals surface area contributed by atoms with E-state index in [9.17, 15) is 4.79 Å². The Morgan fingerprint density at radius 2 is 1.81 bits per heavy atom. The summed E-state index contributed by atoms with van der Waals surface area (Å²) in [5, 5.41) is 14.4. The number of nitrogens with one attached hydrogen (secondary N) is 1. The van der Waals surface area contributed by atoms with E-state index >= 15 is 0 Å². The van der Waals surface area contributed by atoms with Gasteiger partial charge in [0.1, 0.15) is 12.4 Å². The Balaban J connectivity index is 1.44. The number of fused-ring (bicyclic) bond motifs is 1. The maximum absolute atomic E-state index is 11.5. The maximum Gasteiger partial charge on any atom is 0.337 e. The van der Waals surface area contributed by atoms with Gasteiger partial charge in [0, 0.05) is 16.3 Å². The molecule has 0 radical (unpaired) electrons. The number of esters is 1. The fraction of sp³-hybridized carbons (Fsp3) is 0.0833. The van der Waals surface area contributed by atoms with Gasteiger partial charge >= 0.3 is 5.97 Å². The minimum absolute atomic E-state index is 0.356. The first-order chi connectivity index (χ1) is 15.2. The molecule has 154 valence electrons. The van der Waals surface area contributed by atoms with Gasteiger partial charge in [-0.1, -0.05) is 48.5 Å². The average Bonchev–Trinajstić information content (AvgIpc) is 2.83. The van der Waals surface area contributed by atoms with Gasteiger partial charge in [-0.3, -0.25) is 5.43 Å². The van der Waals surface area contributed by atoms with Crippen LogP contribution in [0.25, 0.3) is 10.8 Å². The van der Waals surface area contributed by atoms with E-state index in [0.717, 1.165) is 21.9 Å². The summed E-state index contributed by atoms with van der Waals surface area (Å²) in [4.78, 5) is 11.5. The summed E-state index contributed by atoms with van der Waals surface area (Å²) in [7, 11) is 1.36. The minimum Gasteiger partial charge on any atom is -0.488 e. The zero-order chi connectivity index (χ0) is 21.5. The van der Waals surface area contributed by atoms with Crippen molar-refractivity contribution in [1.29, 1.82) is 0 Å². The fourth-order valence-corrected chi connectivity index (χ4v) is 3.01. The normalized spacial score (nSPS) is 10.9. The third kappa shape index (κ3) is 4.84. The lowest BCUT2D eigenvalue weighted by Crippen LogP contribution is -2.02. The number of hydrazone groups is 1. The number of ether oxygens (including phenoxy) is 2. The monoisotopic (exact) mass is 412 g/mol. The van der Waals surface area contributed by atoms with Gasteiger partial charge in [-0.15, -0.1) is 5.10 Å². The van der Waals surface area contributed by atoms with E-state index in [1.807, 2.05) is 60.7 Å². The Bertz CT molecular complexity index is 1220. The van der Waals surface area contributed by atoms with E-state index in [-0.39, 0.29) is 5.97 Å². The Morgan fingerprint density at radius 3 is 2.65 bits per heavy atom. The molecule has 0 aliphatic carbocycles. The number of rotatable bonds is 7. The summed E-state index contributed by atoms with van der Waals surface area (Å²) in [5.41, 5.74) is 5.21. The van der Waals surface area contributed by atoms with Crippen LogP contribution < -0.4 is 10.2 Å². The number of benzene rings is 3. The molecule has 0 bridgehead atoms. The van der Waals surface area contributed by atoms with Crippen molar-refractivity contribution in [2.24, 2.45) is 5.10 Å². The van der Waals surface area contributed by atoms with Crippen LogP contribution in [0.3, 0.4) is 0 Å². The van der Waals surface area contributed by atoms with E-state index in [4.69, 9.17) is 9.47 Å². The van der Waals surface area contributed by atoms with Gasteiger partial charge in [-0.2, -0.15) is 10.2 Å². The van der Waals surface area contributed by atoms with Crippen molar-refractivity contribution >= 4 is 28.8 Å². The van der Waals surface area contributed by atoms with Gasteiger partial charge in [-0.05, 0) is 29.8 Å². The van der Waals surface area contributed by atoms with Crippen LogP contribution in [0.15, 0.2) is 84.1 Å². The topological polar surface area (TPSA) is 85.7 Å². The molecule has 4 aromatic rings. The van der Waals surface area contributed by atoms with Gasteiger partial charge in [0.2, 0.25) is 0 Å². The van der Waals surface area contributed by atoms with Crippen LogP contribution >= 0.6 is 0 Å². The van der Waals surface area contributed by atoms with Crippen LogP contribution in [0.1, 0.15) is 21.5 Å². The summed E-state index contributed by atoms with van der Waals surface area (Å²) in [6, 6.07) is 22.5. The summed E-state index contributed by atoms with van der Waals surface area (Å²) in [6.45, 7) is 0.356. The fourth-order valence-electron chi connectivity index (χ4n) is 3.01. The molecule has 0 spiro atoms. The average molecular weight is 412 g/mol. The SMILES string of the molecule is COC(=O)c1ccc(COc2ccccc2C=NNc2nncc3ccccc23)cc1. The zero-order valence-corrected chi connectivity index (χ0v) is 16.9. The molecule has 4 rings (SSSR count). The van der Waals surface area contributed by atoms with Crippen molar-refractivity contribution in [3.63, 3.8) is 0 Å². The molecule has 0 saturated carbocycles. The van der Waals surface area contributed by atoms with Crippen molar-refractivity contribution < 1.29 is 14.3 Å². The highest BCUT2D eigenvalue weighted by Gasteiger charge is 2.06. The molecular formula is C24H20N4O3. The first-order valence-electron chi connectivity index (χ1n) is 9.63. The van der Waals surface area contributed by atoms with Crippen molar-refractivity contribution in [3.05, 3.63) is 95.7 Å². The highest BCUT2D eigenvalue weighted by molar-refractivity contribution is 5.91. The number of hydrogen-bond acceptors (Lipinski definition) is 7. The number of hydrogen-bond donors (Lipinski definition) is 1. The molecule has 1 N–H and O–H groups in total. The minimum atomic E-state index is -0.364. The third-order valence-electron chi connectivity index (χ3n) is 4.63. The van der Waals surface area contributed by atoms with E-state index in [0.29, 0.717) is 23.7 Å². The second-order valence-corrected chi connectivity index (χ2v) is 6.67. The molecule has 0 unspecified atom stereocenters. The first kappa shape index (κ1) is 20.0. The van der Waals surface area contributed by atoms with Crippen molar-refractivity contribution in [2.75, 3.05) is 12.5 Å². The second-order valence-electron chi connectivity index (χ2n) is 6.67. The van der Waals surface area contributed by atoms with Gasteiger partial charge in [-0.25, -0.2) is 4.79 Å². The van der Waals surface area contributed by atoms with Crippen molar-refractivity contribution in [3.8, 4) is 5.75 Å². The standard InChI is InChI=1S/C24H20N4O3/c1-30-24(29)18-12-10-17(11-13-18)16-31-22-9-5-3-7-20(22)15-26-28-23-21-8-4-2-6-19(21)14-25-27-23/h2-15H,16H2,1H3,(H,27,28). The first-order valence-corrected chi connectivity index (χ1v) is 9.63. The molecule has 0 aliphatic rings. The third-order valence-corrected chi connectivity index (χ3v) is 4.63. The lowest BCUT2D eigenvalue weighted by Gasteiger charge is -2.09. The summed E-state index contributed by atoms with van der Waals surface area (Å²) in [5.74, 6) is 0.907. The van der Waals surface area contributed by atoms with E-state index in [1.54, 1.807) is 24.5 Å². The zero-order valence-electron chi connectivity index (χ0n) is 16.9. The number of methoxy groups -OCH3 is 1. The van der Waals surface area contributed by atoms with Gasteiger partial charge in [0.15, 0.2) is 5.82 Å². The predicted molar refractivity (Wildman–Crippen MR) is 119 cm³/mol. The molecule has 0 saturated heterocycles. The van der Waals surface area contributed by atoms with Crippen LogP contribution in [0.5, 0.6) is 5.75 Å². The van der Waals surface area contributed by atoms with Crippen LogP contribution in [-0.2, 0) is 11.3 Å². The van der Waals surface area contributed by atoms with Crippen LogP contribution in [0.2, 0.25) is 0 Å². The lowest BCUT2D eigenvalue weighted by atomic mass is 10.1. The van der Waals surface area contributed by atoms with E-state index in [1.165, 1.54) is 7.11 Å². The molecule has 31 heavy (non-hydrogen) atoms. The smallest absolute Gasteiger partial charge is 0.337 e. The van der Waals surface area contributed by atoms with Crippen LogP contribution in [0, 0.1) is 0 Å². The molecular weight excluding hydrogens is 392 g/mol. The number of carbonyl (C=O) groups excluding carboxylic acids is 1. The van der Waals surface area contributed by atoms with Crippen LogP contribution in [-0.4, -0.2) is 29.5 Å². The maximum atomic E-state index is 11.5. The van der Waals surface area contributed by atoms with Crippen molar-refractivity contribution in [2.45, 2.75) is 6.61 Å². The number of anilines is 1. The number of para-hydroxylation sites is 1. The largest absolute Gasteiger partial charge is 0.488 e. The predicted octanol–water partition coefficient (Wildman–Crippen LogP) is 4.44. The molecule has 1 heterocycles. The molecule has 0 atom stereocenters. The van der Waals surface area contributed by atoms with Crippen LogP contribution in [0.4, 0.5) is 5.82 Å². The molecule has 0 fully saturated rings. The van der Waals surface area contributed by atoms with Gasteiger partial charge < -0.3 is 9.47 Å². The van der Waals surface area contributed by atoms with E-state index in [2.05, 4.69) is 20.7 Å². The molecule has 0 aliphatic heterocycles. The molecule has 1 aromatic heterocycles. The summed E-state index contributed by atoms with van der Waals surface area (Å²) >= 11 is 0. The highest BCUT2D eigenvalue weighted by Crippen LogP contribution is 2.20. The Kier molecular flexibility index (Phi) is 6.13. The van der Waals surface area contributed by atoms with E-state index < -0.39 is 0 Å². The number of carbonyl (C=O) groups is 1. The second kappa shape index (κ2) is 9.49. The highest BCUT2D eigenvalue weighted by atomic mass is 16.5. The molecule has 0 amide bonds. The lowest BCUT2D eigenvalue weighted by molar-refractivity contribution is 0.0600. The Morgan fingerprint density at radius 1 is 1.03 bits per heavy atom. The molecule has 7 heteroatoms. The van der Waals surface area contributed by atoms with Gasteiger partial charge in [0.25, 0.3) is 0 Å². The van der Waals surface area contributed by atoms with Gasteiger partial charge in [0.05, 0.1) is 25.1 Å². The molecule has 3 aromatic carbocycles. The summed E-state index contributed by atoms with van der Waals surface area (Å²) in [6.07, 6.45) is 3.39.